The second-order valence-corrected chi connectivity index (χ2v) is 13.9. The molecule has 34 heavy (non-hydrogen) atoms. The summed E-state index contributed by atoms with van der Waals surface area (Å²) in [6.07, 6.45) is 5.57. The second kappa shape index (κ2) is 9.47. The van der Waals surface area contributed by atoms with Crippen LogP contribution in [0, 0.1) is 58.2 Å². The summed E-state index contributed by atoms with van der Waals surface area (Å²) in [5.41, 5.74) is 1.48. The predicted molar refractivity (Wildman–Crippen MR) is 137 cm³/mol. The Balaban J connectivity index is 1.58. The third-order valence-corrected chi connectivity index (χ3v) is 12.1. The molecule has 0 bridgehead atoms. The molecular formula is C30H52O4. The van der Waals surface area contributed by atoms with E-state index in [0.717, 1.165) is 25.7 Å². The zero-order valence-electron chi connectivity index (χ0n) is 22.6. The van der Waals surface area contributed by atoms with E-state index in [1.165, 1.54) is 18.4 Å². The first kappa shape index (κ1) is 26.6. The average Bonchev–Trinajstić information content (AvgIpc) is 3.09. The molecule has 4 fully saturated rings. The molecular weight excluding hydrogens is 424 g/mol. The van der Waals surface area contributed by atoms with Crippen LogP contribution < -0.4 is 0 Å². The number of aliphatic hydroxyl groups is 4. The van der Waals surface area contributed by atoms with E-state index in [4.69, 9.17) is 0 Å². The quantitative estimate of drug-likeness (QED) is 0.412. The molecule has 0 aromatic heterocycles. The fourth-order valence-corrected chi connectivity index (χ4v) is 9.63. The maximum absolute atomic E-state index is 11.2. The predicted octanol–water partition coefficient (Wildman–Crippen LogP) is 5.18. The topological polar surface area (TPSA) is 80.9 Å². The van der Waals surface area contributed by atoms with Crippen LogP contribution in [0.3, 0.4) is 0 Å². The van der Waals surface area contributed by atoms with E-state index in [2.05, 4.69) is 48.1 Å². The van der Waals surface area contributed by atoms with Crippen LogP contribution in [0.2, 0.25) is 0 Å². The van der Waals surface area contributed by atoms with Crippen molar-refractivity contribution in [1.82, 2.24) is 0 Å². The highest BCUT2D eigenvalue weighted by Crippen LogP contribution is 2.68. The molecule has 0 unspecified atom stereocenters. The van der Waals surface area contributed by atoms with Crippen molar-refractivity contribution in [3.63, 3.8) is 0 Å². The largest absolute Gasteiger partial charge is 0.390 e. The van der Waals surface area contributed by atoms with E-state index >= 15 is 0 Å². The Bertz CT molecular complexity index is 750. The lowest BCUT2D eigenvalue weighted by Crippen LogP contribution is -2.53. The summed E-state index contributed by atoms with van der Waals surface area (Å²) in [4.78, 5) is 0. The molecule has 4 nitrogen and oxygen atoms in total. The molecule has 4 aliphatic rings. The van der Waals surface area contributed by atoms with Crippen LogP contribution in [0.15, 0.2) is 12.2 Å². The minimum absolute atomic E-state index is 0.00430. The van der Waals surface area contributed by atoms with Gasteiger partial charge in [0.15, 0.2) is 0 Å². The Morgan fingerprint density at radius 3 is 2.15 bits per heavy atom. The molecule has 0 aromatic carbocycles. The molecule has 0 saturated heterocycles. The van der Waals surface area contributed by atoms with E-state index in [-0.39, 0.29) is 22.7 Å². The molecule has 4 N–H and O–H groups in total. The Morgan fingerprint density at radius 2 is 1.50 bits per heavy atom. The van der Waals surface area contributed by atoms with E-state index in [0.29, 0.717) is 48.3 Å². The van der Waals surface area contributed by atoms with E-state index in [1.54, 1.807) is 0 Å². The van der Waals surface area contributed by atoms with Crippen LogP contribution in [-0.2, 0) is 0 Å². The summed E-state index contributed by atoms with van der Waals surface area (Å²) in [5, 5.41) is 43.3. The average molecular weight is 477 g/mol. The first-order valence-corrected chi connectivity index (χ1v) is 14.2. The second-order valence-electron chi connectivity index (χ2n) is 13.9. The zero-order chi connectivity index (χ0) is 25.2. The summed E-state index contributed by atoms with van der Waals surface area (Å²) in [6, 6.07) is 0. The third kappa shape index (κ3) is 4.13. The van der Waals surface area contributed by atoms with Gasteiger partial charge in [0.05, 0.1) is 24.4 Å². The Kier molecular flexibility index (Phi) is 7.42. The van der Waals surface area contributed by atoms with Crippen molar-refractivity contribution in [1.29, 1.82) is 0 Å². The van der Waals surface area contributed by atoms with Gasteiger partial charge in [0.25, 0.3) is 0 Å². The molecule has 196 valence electrons. The molecule has 4 heteroatoms. The third-order valence-electron chi connectivity index (χ3n) is 12.1. The first-order chi connectivity index (χ1) is 15.8. The van der Waals surface area contributed by atoms with Gasteiger partial charge in [0.2, 0.25) is 0 Å². The van der Waals surface area contributed by atoms with Gasteiger partial charge in [-0.1, -0.05) is 53.7 Å². The highest BCUT2D eigenvalue weighted by atomic mass is 16.3. The van der Waals surface area contributed by atoms with Crippen LogP contribution in [0.5, 0.6) is 0 Å². The molecule has 13 atom stereocenters. The van der Waals surface area contributed by atoms with Crippen molar-refractivity contribution >= 4 is 0 Å². The van der Waals surface area contributed by atoms with Crippen LogP contribution in [0.4, 0.5) is 0 Å². The normalized spacial score (nSPS) is 48.3. The molecule has 4 saturated carbocycles. The number of aliphatic hydroxyl groups excluding tert-OH is 4. The highest BCUT2D eigenvalue weighted by Gasteiger charge is 2.61. The van der Waals surface area contributed by atoms with Gasteiger partial charge < -0.3 is 20.4 Å². The number of hydrogen-bond donors (Lipinski definition) is 4. The van der Waals surface area contributed by atoms with E-state index < -0.39 is 24.4 Å². The van der Waals surface area contributed by atoms with Gasteiger partial charge in [0.1, 0.15) is 0 Å². The van der Waals surface area contributed by atoms with Gasteiger partial charge in [-0.2, -0.15) is 0 Å². The summed E-state index contributed by atoms with van der Waals surface area (Å²) in [5.74, 6) is 3.03. The lowest BCUT2D eigenvalue weighted by atomic mass is 9.48. The number of allylic oxidation sites excluding steroid dienone is 1. The summed E-state index contributed by atoms with van der Waals surface area (Å²) in [6.45, 7) is 17.8. The lowest BCUT2D eigenvalue weighted by molar-refractivity contribution is -0.128. The molecule has 0 radical (unpaired) electrons. The van der Waals surface area contributed by atoms with Crippen LogP contribution in [0.25, 0.3) is 0 Å². The van der Waals surface area contributed by atoms with Gasteiger partial charge in [-0.05, 0) is 110 Å². The minimum atomic E-state index is -0.679. The van der Waals surface area contributed by atoms with E-state index in [9.17, 15) is 20.4 Å². The van der Waals surface area contributed by atoms with Crippen LogP contribution in [0.1, 0.15) is 92.9 Å². The summed E-state index contributed by atoms with van der Waals surface area (Å²) in [7, 11) is 0. The SMILES string of the molecule is C=C1CC[C@@H]2[C@H](CC[C@]3(C)[C@@H]([C@H](C)[C@@H](O)[C@H](O)[C@@H](C)C(C)C)CC[C@@H]23)[C@@]2(C)C[C@@H](O)[C@@H](O)C[C@H]12. The number of rotatable bonds is 5. The fraction of sp³-hybridized carbons (Fsp3) is 0.933. The summed E-state index contributed by atoms with van der Waals surface area (Å²) >= 11 is 0. The van der Waals surface area contributed by atoms with Gasteiger partial charge >= 0.3 is 0 Å². The molecule has 0 aromatic rings. The summed E-state index contributed by atoms with van der Waals surface area (Å²) < 4.78 is 0. The molecule has 4 rings (SSSR count). The van der Waals surface area contributed by atoms with Crippen molar-refractivity contribution in [3.8, 4) is 0 Å². The highest BCUT2D eigenvalue weighted by molar-refractivity contribution is 5.18. The van der Waals surface area contributed by atoms with Crippen molar-refractivity contribution in [2.75, 3.05) is 0 Å². The van der Waals surface area contributed by atoms with E-state index in [1.807, 2.05) is 0 Å². The van der Waals surface area contributed by atoms with Crippen molar-refractivity contribution in [2.24, 2.45) is 58.2 Å². The zero-order valence-corrected chi connectivity index (χ0v) is 22.6. The maximum atomic E-state index is 11.2. The Labute approximate surface area is 208 Å². The fourth-order valence-electron chi connectivity index (χ4n) is 9.63. The standard InChI is InChI=1S/C30H52O4/c1-16(2)18(4)27(33)28(34)19(5)21-10-11-22-20-9-8-17(3)24-14-25(31)26(32)15-30(24,7)23(20)12-13-29(21,22)6/h16,18-28,31-34H,3,8-15H2,1-2,4-7H3/t18-,19-,20-,21+,22-,23-,24+,25-,26+,27+,28+,29+,30+/m0/s1. The first-order valence-electron chi connectivity index (χ1n) is 14.2. The van der Waals surface area contributed by atoms with Crippen molar-refractivity contribution in [2.45, 2.75) is 117 Å². The monoisotopic (exact) mass is 476 g/mol. The maximum Gasteiger partial charge on any atom is 0.0830 e. The molecule has 0 heterocycles. The molecule has 0 amide bonds. The smallest absolute Gasteiger partial charge is 0.0830 e. The van der Waals surface area contributed by atoms with Gasteiger partial charge in [0, 0.05) is 0 Å². The van der Waals surface area contributed by atoms with Crippen LogP contribution in [-0.4, -0.2) is 44.8 Å². The number of fused-ring (bicyclic) bond motifs is 5. The van der Waals surface area contributed by atoms with Gasteiger partial charge in [-0.15, -0.1) is 0 Å². The Morgan fingerprint density at radius 1 is 0.853 bits per heavy atom. The van der Waals surface area contributed by atoms with Crippen LogP contribution >= 0.6 is 0 Å². The van der Waals surface area contributed by atoms with Crippen molar-refractivity contribution < 1.29 is 20.4 Å². The van der Waals surface area contributed by atoms with Crippen molar-refractivity contribution in [3.05, 3.63) is 12.2 Å². The molecule has 0 aliphatic heterocycles. The Hall–Kier alpha value is -0.420. The minimum Gasteiger partial charge on any atom is -0.390 e. The molecule has 4 aliphatic carbocycles. The van der Waals surface area contributed by atoms with Gasteiger partial charge in [-0.25, -0.2) is 0 Å². The lowest BCUT2D eigenvalue weighted by Gasteiger charge is -2.57. The number of hydrogen-bond acceptors (Lipinski definition) is 4. The molecule has 0 spiro atoms. The van der Waals surface area contributed by atoms with Gasteiger partial charge in [-0.3, -0.25) is 0 Å².